The third-order valence-corrected chi connectivity index (χ3v) is 4.73. The van der Waals surface area contributed by atoms with E-state index in [1.807, 2.05) is 43.3 Å². The van der Waals surface area contributed by atoms with E-state index in [-0.39, 0.29) is 12.5 Å². The van der Waals surface area contributed by atoms with E-state index in [0.717, 1.165) is 23.3 Å². The maximum absolute atomic E-state index is 12.5. The smallest absolute Gasteiger partial charge is 0.263 e. The van der Waals surface area contributed by atoms with Crippen LogP contribution in [0.15, 0.2) is 41.6 Å². The number of hydrogen-bond acceptors (Lipinski definition) is 6. The summed E-state index contributed by atoms with van der Waals surface area (Å²) in [5.41, 5.74) is 3.09. The topological polar surface area (TPSA) is 69.6 Å². The summed E-state index contributed by atoms with van der Waals surface area (Å²) < 4.78 is 16.1. The summed E-state index contributed by atoms with van der Waals surface area (Å²) in [6.07, 6.45) is 2.34. The quantitative estimate of drug-likeness (QED) is 0.505. The second-order valence-corrected chi connectivity index (χ2v) is 6.55. The van der Waals surface area contributed by atoms with Crippen molar-refractivity contribution in [3.8, 4) is 17.2 Å². The highest BCUT2D eigenvalue weighted by Gasteiger charge is 2.23. The van der Waals surface area contributed by atoms with Crippen molar-refractivity contribution >= 4 is 12.1 Å². The van der Waals surface area contributed by atoms with E-state index in [2.05, 4.69) is 5.16 Å². The van der Waals surface area contributed by atoms with Crippen molar-refractivity contribution in [2.75, 3.05) is 34.0 Å². The van der Waals surface area contributed by atoms with Gasteiger partial charge in [0.05, 0.1) is 27.0 Å². The number of methoxy groups -OCH3 is 2. The molecule has 0 saturated carbocycles. The first kappa shape index (κ1) is 20.5. The number of carbonyl (C=O) groups excluding carboxylic acids is 1. The number of fused-ring (bicyclic) bond motifs is 1. The van der Waals surface area contributed by atoms with Crippen LogP contribution in [0.4, 0.5) is 0 Å². The van der Waals surface area contributed by atoms with E-state index in [4.69, 9.17) is 19.0 Å². The van der Waals surface area contributed by atoms with Gasteiger partial charge in [-0.25, -0.2) is 0 Å². The van der Waals surface area contributed by atoms with Crippen molar-refractivity contribution in [2.24, 2.45) is 5.16 Å². The lowest BCUT2D eigenvalue weighted by Crippen LogP contribution is -2.38. The summed E-state index contributed by atoms with van der Waals surface area (Å²) in [5.74, 6) is 2.07. The molecular weight excluding hydrogens is 372 g/mol. The maximum atomic E-state index is 12.5. The number of nitrogens with zero attached hydrogens (tertiary/aromatic N) is 2. The Morgan fingerprint density at radius 2 is 1.79 bits per heavy atom. The van der Waals surface area contributed by atoms with Crippen LogP contribution in [0, 0.1) is 0 Å². The molecule has 2 aromatic rings. The first-order valence-electron chi connectivity index (χ1n) is 9.54. The summed E-state index contributed by atoms with van der Waals surface area (Å²) in [4.78, 5) is 19.4. The van der Waals surface area contributed by atoms with Crippen LogP contribution in [0.1, 0.15) is 23.6 Å². The lowest BCUT2D eigenvalue weighted by molar-refractivity contribution is -0.137. The molecule has 3 rings (SSSR count). The fraction of sp³-hybridized carbons (Fsp3) is 0.364. The molecule has 29 heavy (non-hydrogen) atoms. The van der Waals surface area contributed by atoms with Crippen molar-refractivity contribution in [3.05, 3.63) is 53.1 Å². The van der Waals surface area contributed by atoms with Crippen LogP contribution in [-0.4, -0.2) is 51.0 Å². The predicted molar refractivity (Wildman–Crippen MR) is 110 cm³/mol. The van der Waals surface area contributed by atoms with Crippen LogP contribution in [0.25, 0.3) is 0 Å². The first-order valence-corrected chi connectivity index (χ1v) is 9.54. The molecule has 7 heteroatoms. The second kappa shape index (κ2) is 9.82. The van der Waals surface area contributed by atoms with Gasteiger partial charge in [-0.15, -0.1) is 0 Å². The Kier molecular flexibility index (Phi) is 6.94. The van der Waals surface area contributed by atoms with Crippen LogP contribution in [-0.2, 0) is 22.6 Å². The Bertz CT molecular complexity index is 864. The van der Waals surface area contributed by atoms with Gasteiger partial charge < -0.3 is 23.9 Å². The van der Waals surface area contributed by atoms with Crippen molar-refractivity contribution in [3.63, 3.8) is 0 Å². The molecule has 0 bridgehead atoms. The molecule has 1 heterocycles. The predicted octanol–water partition coefficient (Wildman–Crippen LogP) is 3.04. The lowest BCUT2D eigenvalue weighted by Gasteiger charge is -2.29. The molecule has 0 fully saturated rings. The molecule has 154 valence electrons. The molecule has 0 N–H and O–H groups in total. The van der Waals surface area contributed by atoms with E-state index in [1.54, 1.807) is 25.3 Å². The van der Waals surface area contributed by atoms with Crippen molar-refractivity contribution in [2.45, 2.75) is 19.9 Å². The number of oxime groups is 1. The Hall–Kier alpha value is -3.22. The summed E-state index contributed by atoms with van der Waals surface area (Å²) in [5, 5.41) is 3.90. The Balaban J connectivity index is 1.53. The van der Waals surface area contributed by atoms with Crippen LogP contribution in [0.2, 0.25) is 0 Å². The highest BCUT2D eigenvalue weighted by atomic mass is 16.6. The molecular formula is C22H26N2O5. The summed E-state index contributed by atoms with van der Waals surface area (Å²) in [6.45, 7) is 3.61. The van der Waals surface area contributed by atoms with Crippen LogP contribution in [0.3, 0.4) is 0 Å². The summed E-state index contributed by atoms with van der Waals surface area (Å²) in [7, 11) is 3.22. The molecule has 1 aliphatic rings. The molecule has 0 spiro atoms. The lowest BCUT2D eigenvalue weighted by atomic mass is 9.99. The Labute approximate surface area is 170 Å². The molecule has 0 radical (unpaired) electrons. The largest absolute Gasteiger partial charge is 0.494 e. The van der Waals surface area contributed by atoms with E-state index < -0.39 is 0 Å². The molecule has 1 amide bonds. The minimum atomic E-state index is -0.103. The van der Waals surface area contributed by atoms with E-state index in [0.29, 0.717) is 31.2 Å². The molecule has 0 aliphatic carbocycles. The molecule has 0 aromatic heterocycles. The zero-order valence-corrected chi connectivity index (χ0v) is 17.0. The van der Waals surface area contributed by atoms with Crippen molar-refractivity contribution in [1.82, 2.24) is 4.90 Å². The number of amides is 1. The van der Waals surface area contributed by atoms with E-state index in [9.17, 15) is 4.79 Å². The zero-order chi connectivity index (χ0) is 20.6. The minimum Gasteiger partial charge on any atom is -0.494 e. The third kappa shape index (κ3) is 5.19. The first-order chi connectivity index (χ1) is 14.1. The van der Waals surface area contributed by atoms with Gasteiger partial charge in [-0.1, -0.05) is 5.16 Å². The summed E-state index contributed by atoms with van der Waals surface area (Å²) in [6, 6.07) is 11.4. The van der Waals surface area contributed by atoms with Crippen LogP contribution < -0.4 is 14.2 Å². The fourth-order valence-electron chi connectivity index (χ4n) is 3.19. The highest BCUT2D eigenvalue weighted by molar-refractivity contribution is 5.80. The average molecular weight is 398 g/mol. The standard InChI is InChI=1S/C22H26N2O5/c1-4-28-19-7-5-16(6-8-19)13-23-29-15-22(25)24-10-9-17-11-20(26-2)21(27-3)12-18(17)14-24/h5-8,11-13H,4,9-10,14-15H2,1-3H3/b23-13+. The SMILES string of the molecule is CCOc1ccc(/C=N/OCC(=O)N2CCc3cc(OC)c(OC)cc3C2)cc1. The normalized spacial score (nSPS) is 13.1. The van der Waals surface area contributed by atoms with Crippen LogP contribution in [0.5, 0.6) is 17.2 Å². The van der Waals surface area contributed by atoms with Crippen molar-refractivity contribution in [1.29, 1.82) is 0 Å². The van der Waals surface area contributed by atoms with Gasteiger partial charge in [0.1, 0.15) is 5.75 Å². The Morgan fingerprint density at radius 1 is 1.10 bits per heavy atom. The molecule has 1 aliphatic heterocycles. The van der Waals surface area contributed by atoms with Gasteiger partial charge in [0.15, 0.2) is 18.1 Å². The van der Waals surface area contributed by atoms with Gasteiger partial charge in [0.25, 0.3) is 5.91 Å². The molecule has 0 atom stereocenters. The molecule has 2 aromatic carbocycles. The van der Waals surface area contributed by atoms with Gasteiger partial charge >= 0.3 is 0 Å². The zero-order valence-electron chi connectivity index (χ0n) is 17.0. The molecule has 0 unspecified atom stereocenters. The van der Waals surface area contributed by atoms with E-state index >= 15 is 0 Å². The number of hydrogen-bond donors (Lipinski definition) is 0. The summed E-state index contributed by atoms with van der Waals surface area (Å²) >= 11 is 0. The third-order valence-electron chi connectivity index (χ3n) is 4.73. The van der Waals surface area contributed by atoms with Gasteiger partial charge in [-0.05, 0) is 66.4 Å². The van der Waals surface area contributed by atoms with Gasteiger partial charge in [-0.3, -0.25) is 4.79 Å². The van der Waals surface area contributed by atoms with Crippen molar-refractivity contribution < 1.29 is 23.8 Å². The Morgan fingerprint density at radius 3 is 2.45 bits per heavy atom. The average Bonchev–Trinajstić information content (AvgIpc) is 2.76. The number of benzene rings is 2. The van der Waals surface area contributed by atoms with Crippen LogP contribution >= 0.6 is 0 Å². The molecule has 0 saturated heterocycles. The second-order valence-electron chi connectivity index (χ2n) is 6.55. The highest BCUT2D eigenvalue weighted by Crippen LogP contribution is 2.33. The van der Waals surface area contributed by atoms with Gasteiger partial charge in [0, 0.05) is 13.1 Å². The monoisotopic (exact) mass is 398 g/mol. The van der Waals surface area contributed by atoms with Gasteiger partial charge in [-0.2, -0.15) is 0 Å². The maximum Gasteiger partial charge on any atom is 0.263 e. The number of rotatable bonds is 8. The van der Waals surface area contributed by atoms with Gasteiger partial charge in [0.2, 0.25) is 0 Å². The molecule has 7 nitrogen and oxygen atoms in total. The minimum absolute atomic E-state index is 0.101. The van der Waals surface area contributed by atoms with E-state index in [1.165, 1.54) is 5.56 Å². The fourth-order valence-corrected chi connectivity index (χ4v) is 3.19. The number of ether oxygens (including phenoxy) is 3. The number of carbonyl (C=O) groups is 1.